The Morgan fingerprint density at radius 3 is 2.26 bits per heavy atom. The summed E-state index contributed by atoms with van der Waals surface area (Å²) < 4.78 is 5.20. The van der Waals surface area contributed by atoms with E-state index in [1.807, 2.05) is 27.7 Å². The molecule has 0 fully saturated rings. The van der Waals surface area contributed by atoms with Crippen molar-refractivity contribution in [2.45, 2.75) is 85.5 Å². The van der Waals surface area contributed by atoms with Crippen LogP contribution >= 0.6 is 0 Å². The fraction of sp³-hybridized carbons (Fsp3) is 0.609. The highest BCUT2D eigenvalue weighted by atomic mass is 16.6. The third-order valence-corrected chi connectivity index (χ3v) is 4.63. The highest BCUT2D eigenvalue weighted by Gasteiger charge is 2.35. The molecule has 8 nitrogen and oxygen atoms in total. The number of ether oxygens (including phenoxy) is 1. The number of phenolic OH excluding ortho intramolecular Hbond substituents is 1. The molecule has 0 spiro atoms. The minimum atomic E-state index is -0.912. The van der Waals surface area contributed by atoms with Crippen molar-refractivity contribution in [3.63, 3.8) is 0 Å². The first-order valence-electron chi connectivity index (χ1n) is 10.6. The highest BCUT2D eigenvalue weighted by molar-refractivity contribution is 5.90. The average Bonchev–Trinajstić information content (AvgIpc) is 2.63. The lowest BCUT2D eigenvalue weighted by Gasteiger charge is -2.36. The van der Waals surface area contributed by atoms with Crippen molar-refractivity contribution in [2.75, 3.05) is 6.54 Å². The van der Waals surface area contributed by atoms with Gasteiger partial charge in [0.1, 0.15) is 23.9 Å². The van der Waals surface area contributed by atoms with Crippen LogP contribution in [0.3, 0.4) is 0 Å². The molecule has 31 heavy (non-hydrogen) atoms. The maximum atomic E-state index is 13.2. The molecule has 0 aliphatic rings. The van der Waals surface area contributed by atoms with Crippen LogP contribution < -0.4 is 10.6 Å². The lowest BCUT2D eigenvalue weighted by atomic mass is 9.99. The van der Waals surface area contributed by atoms with Gasteiger partial charge in [0.15, 0.2) is 0 Å². The maximum absolute atomic E-state index is 13.2. The molecule has 0 bridgehead atoms. The molecular formula is C23H37N3O5. The van der Waals surface area contributed by atoms with Crippen molar-refractivity contribution >= 4 is 17.9 Å². The number of phenols is 1. The predicted octanol–water partition coefficient (Wildman–Crippen LogP) is 3.42. The standard InChI is InChI=1S/C23H37N3O5/c1-9-16(5)26(19(28)13-24-22(30)31-23(6,7)8)20(21(29)25-14(2)3)17-10-11-18(27)15(4)12-17/h10-12,14,16,20,27H,9,13H2,1-8H3,(H,24,30)(H,25,29). The van der Waals surface area contributed by atoms with E-state index in [2.05, 4.69) is 10.6 Å². The van der Waals surface area contributed by atoms with E-state index in [0.717, 1.165) is 0 Å². The van der Waals surface area contributed by atoms with Crippen LogP contribution in [0.1, 0.15) is 72.1 Å². The molecule has 8 heteroatoms. The summed E-state index contributed by atoms with van der Waals surface area (Å²) >= 11 is 0. The minimum absolute atomic E-state index is 0.111. The lowest BCUT2D eigenvalue weighted by Crippen LogP contribution is -2.51. The Morgan fingerprint density at radius 2 is 1.77 bits per heavy atom. The molecule has 0 aliphatic carbocycles. The third kappa shape index (κ3) is 8.11. The van der Waals surface area contributed by atoms with Crippen molar-refractivity contribution in [3.05, 3.63) is 29.3 Å². The summed E-state index contributed by atoms with van der Waals surface area (Å²) in [6.07, 6.45) is -0.0886. The van der Waals surface area contributed by atoms with E-state index >= 15 is 0 Å². The van der Waals surface area contributed by atoms with E-state index < -0.39 is 23.6 Å². The second-order valence-corrected chi connectivity index (χ2v) is 9.03. The largest absolute Gasteiger partial charge is 0.508 e. The number of nitrogens with zero attached hydrogens (tertiary/aromatic N) is 1. The fourth-order valence-electron chi connectivity index (χ4n) is 3.04. The SMILES string of the molecule is CCC(C)N(C(=O)CNC(=O)OC(C)(C)C)C(C(=O)NC(C)C)c1ccc(O)c(C)c1. The molecule has 0 saturated carbocycles. The van der Waals surface area contributed by atoms with Gasteiger partial charge in [-0.2, -0.15) is 0 Å². The van der Waals surface area contributed by atoms with Crippen LogP contribution in [0.4, 0.5) is 4.79 Å². The number of hydrogen-bond acceptors (Lipinski definition) is 5. The van der Waals surface area contributed by atoms with Crippen molar-refractivity contribution in [2.24, 2.45) is 0 Å². The summed E-state index contributed by atoms with van der Waals surface area (Å²) in [6.45, 7) is 14.1. The highest BCUT2D eigenvalue weighted by Crippen LogP contribution is 2.28. The first kappa shape index (κ1) is 26.3. The number of benzene rings is 1. The Hall–Kier alpha value is -2.77. The molecule has 2 atom stereocenters. The molecule has 0 aromatic heterocycles. The smallest absolute Gasteiger partial charge is 0.408 e. The van der Waals surface area contributed by atoms with E-state index in [-0.39, 0.29) is 30.3 Å². The monoisotopic (exact) mass is 435 g/mol. The summed E-state index contributed by atoms with van der Waals surface area (Å²) in [4.78, 5) is 39.9. The Balaban J connectivity index is 3.27. The van der Waals surface area contributed by atoms with Gasteiger partial charge < -0.3 is 25.4 Å². The van der Waals surface area contributed by atoms with Gasteiger partial charge in [0, 0.05) is 12.1 Å². The zero-order valence-corrected chi connectivity index (χ0v) is 19.9. The van der Waals surface area contributed by atoms with Gasteiger partial charge in [-0.25, -0.2) is 4.79 Å². The van der Waals surface area contributed by atoms with E-state index in [4.69, 9.17) is 4.74 Å². The molecule has 0 heterocycles. The van der Waals surface area contributed by atoms with Crippen molar-refractivity contribution in [3.8, 4) is 5.75 Å². The summed E-state index contributed by atoms with van der Waals surface area (Å²) in [7, 11) is 0. The second-order valence-electron chi connectivity index (χ2n) is 9.03. The van der Waals surface area contributed by atoms with Gasteiger partial charge >= 0.3 is 6.09 Å². The number of rotatable bonds is 8. The average molecular weight is 436 g/mol. The molecule has 1 rings (SSSR count). The number of carbonyl (C=O) groups is 3. The van der Waals surface area contributed by atoms with Crippen LogP contribution in [0, 0.1) is 6.92 Å². The Kier molecular flexibility index (Phi) is 9.34. The van der Waals surface area contributed by atoms with Gasteiger partial charge in [0.2, 0.25) is 11.8 Å². The number of amides is 3. The van der Waals surface area contributed by atoms with Gasteiger partial charge in [-0.15, -0.1) is 0 Å². The minimum Gasteiger partial charge on any atom is -0.508 e. The molecular weight excluding hydrogens is 398 g/mol. The number of hydrogen-bond donors (Lipinski definition) is 3. The van der Waals surface area contributed by atoms with Crippen LogP contribution in [0.2, 0.25) is 0 Å². The van der Waals surface area contributed by atoms with Gasteiger partial charge in [0.05, 0.1) is 0 Å². The van der Waals surface area contributed by atoms with Crippen molar-refractivity contribution in [1.82, 2.24) is 15.5 Å². The topological polar surface area (TPSA) is 108 Å². The molecule has 1 aromatic carbocycles. The molecule has 3 amide bonds. The lowest BCUT2D eigenvalue weighted by molar-refractivity contribution is -0.142. The molecule has 0 aliphatic heterocycles. The zero-order valence-electron chi connectivity index (χ0n) is 19.9. The molecule has 3 N–H and O–H groups in total. The molecule has 174 valence electrons. The van der Waals surface area contributed by atoms with Gasteiger partial charge in [0.25, 0.3) is 0 Å². The van der Waals surface area contributed by atoms with Gasteiger partial charge in [-0.05, 0) is 78.1 Å². The second kappa shape index (κ2) is 11.0. The number of aromatic hydroxyl groups is 1. The predicted molar refractivity (Wildman–Crippen MR) is 120 cm³/mol. The van der Waals surface area contributed by atoms with E-state index in [1.54, 1.807) is 39.8 Å². The van der Waals surface area contributed by atoms with E-state index in [9.17, 15) is 19.5 Å². The summed E-state index contributed by atoms with van der Waals surface area (Å²) in [5, 5.41) is 15.3. The quantitative estimate of drug-likeness (QED) is 0.580. The third-order valence-electron chi connectivity index (χ3n) is 4.63. The Labute approximate surface area is 185 Å². The summed E-state index contributed by atoms with van der Waals surface area (Å²) in [5.74, 6) is -0.624. The summed E-state index contributed by atoms with van der Waals surface area (Å²) in [5.41, 5.74) is 0.495. The van der Waals surface area contributed by atoms with Crippen LogP contribution in [-0.2, 0) is 14.3 Å². The number of nitrogens with one attached hydrogen (secondary N) is 2. The van der Waals surface area contributed by atoms with Crippen molar-refractivity contribution in [1.29, 1.82) is 0 Å². The van der Waals surface area contributed by atoms with Crippen LogP contribution in [0.5, 0.6) is 5.75 Å². The van der Waals surface area contributed by atoms with Crippen LogP contribution in [-0.4, -0.2) is 52.1 Å². The van der Waals surface area contributed by atoms with Crippen LogP contribution in [0.15, 0.2) is 18.2 Å². The van der Waals surface area contributed by atoms with Crippen LogP contribution in [0.25, 0.3) is 0 Å². The first-order valence-corrected chi connectivity index (χ1v) is 10.6. The molecule has 2 unspecified atom stereocenters. The normalized spacial score (nSPS) is 13.3. The maximum Gasteiger partial charge on any atom is 0.408 e. The molecule has 0 radical (unpaired) electrons. The Morgan fingerprint density at radius 1 is 1.16 bits per heavy atom. The first-order chi connectivity index (χ1) is 14.3. The number of aryl methyl sites for hydroxylation is 1. The number of alkyl carbamates (subject to hydrolysis) is 1. The summed E-state index contributed by atoms with van der Waals surface area (Å²) in [6, 6.07) is 3.54. The molecule has 1 aromatic rings. The van der Waals surface area contributed by atoms with Gasteiger partial charge in [-0.3, -0.25) is 9.59 Å². The Bertz CT molecular complexity index is 786. The molecule has 0 saturated heterocycles. The van der Waals surface area contributed by atoms with Gasteiger partial charge in [-0.1, -0.05) is 13.0 Å². The van der Waals surface area contributed by atoms with E-state index in [0.29, 0.717) is 17.5 Å². The number of carbonyl (C=O) groups excluding carboxylic acids is 3. The van der Waals surface area contributed by atoms with Crippen molar-refractivity contribution < 1.29 is 24.2 Å². The van der Waals surface area contributed by atoms with E-state index in [1.165, 1.54) is 11.0 Å². The fourth-order valence-corrected chi connectivity index (χ4v) is 3.04. The zero-order chi connectivity index (χ0) is 23.9.